The number of phenols is 1. The summed E-state index contributed by atoms with van der Waals surface area (Å²) >= 11 is 0. The number of piperidine rings is 1. The zero-order valence-electron chi connectivity index (χ0n) is 14.9. The summed E-state index contributed by atoms with van der Waals surface area (Å²) in [5.74, 6) is 0.159. The van der Waals surface area contributed by atoms with Gasteiger partial charge in [-0.05, 0) is 54.7 Å². The standard InChI is InChI=1S/C21H24N2O3/c1-13-12-14(6-7-17(13)24)20(26)23-10-8-21(9-11-23)16-5-3-2-4-15(16)18(22)19(21)25/h2-7,12,18-19,24-25H,8-11,22H2,1H3/t18-,19+/m1/s1. The summed E-state index contributed by atoms with van der Waals surface area (Å²) in [7, 11) is 0. The van der Waals surface area contributed by atoms with Crippen molar-refractivity contribution in [2.45, 2.75) is 37.3 Å². The number of rotatable bonds is 1. The number of aryl methyl sites for hydroxylation is 1. The van der Waals surface area contributed by atoms with Crippen molar-refractivity contribution in [1.82, 2.24) is 4.90 Å². The van der Waals surface area contributed by atoms with Crippen LogP contribution in [0.1, 0.15) is 45.9 Å². The summed E-state index contributed by atoms with van der Waals surface area (Å²) in [6, 6.07) is 12.6. The van der Waals surface area contributed by atoms with Crippen LogP contribution in [0.2, 0.25) is 0 Å². The number of aliphatic hydroxyl groups excluding tert-OH is 1. The Hall–Kier alpha value is -2.37. The molecule has 1 aliphatic carbocycles. The number of nitrogens with two attached hydrogens (primary N) is 1. The Balaban J connectivity index is 1.56. The number of carbonyl (C=O) groups excluding carboxylic acids is 1. The molecule has 0 bridgehead atoms. The molecule has 5 nitrogen and oxygen atoms in total. The van der Waals surface area contributed by atoms with Gasteiger partial charge >= 0.3 is 0 Å². The van der Waals surface area contributed by atoms with Crippen molar-refractivity contribution in [3.05, 3.63) is 64.7 Å². The van der Waals surface area contributed by atoms with Crippen LogP contribution in [0.25, 0.3) is 0 Å². The molecule has 0 radical (unpaired) electrons. The minimum Gasteiger partial charge on any atom is -0.508 e. The van der Waals surface area contributed by atoms with E-state index in [1.165, 1.54) is 0 Å². The number of fused-ring (bicyclic) bond motifs is 2. The largest absolute Gasteiger partial charge is 0.508 e. The third-order valence-corrected chi connectivity index (χ3v) is 6.15. The van der Waals surface area contributed by atoms with Crippen LogP contribution in [0.3, 0.4) is 0 Å². The molecule has 1 fully saturated rings. The van der Waals surface area contributed by atoms with Crippen molar-refractivity contribution in [3.8, 4) is 5.75 Å². The molecule has 2 aromatic carbocycles. The minimum atomic E-state index is -0.618. The van der Waals surface area contributed by atoms with Crippen LogP contribution in [0.5, 0.6) is 5.75 Å². The van der Waals surface area contributed by atoms with Gasteiger partial charge in [-0.25, -0.2) is 0 Å². The van der Waals surface area contributed by atoms with E-state index in [4.69, 9.17) is 5.73 Å². The van der Waals surface area contributed by atoms with Crippen LogP contribution >= 0.6 is 0 Å². The van der Waals surface area contributed by atoms with E-state index in [0.29, 0.717) is 37.1 Å². The number of phenolic OH excluding ortho intramolecular Hbond substituents is 1. The molecule has 0 aromatic heterocycles. The van der Waals surface area contributed by atoms with Gasteiger partial charge in [0, 0.05) is 24.1 Å². The van der Waals surface area contributed by atoms with E-state index in [1.54, 1.807) is 25.1 Å². The van der Waals surface area contributed by atoms with E-state index in [1.807, 2.05) is 23.1 Å². The zero-order valence-corrected chi connectivity index (χ0v) is 14.9. The van der Waals surface area contributed by atoms with Gasteiger partial charge in [0.15, 0.2) is 0 Å². The lowest BCUT2D eigenvalue weighted by Gasteiger charge is -2.42. The van der Waals surface area contributed by atoms with Crippen molar-refractivity contribution >= 4 is 5.91 Å². The normalized spacial score (nSPS) is 23.9. The van der Waals surface area contributed by atoms with Gasteiger partial charge in [-0.3, -0.25) is 4.79 Å². The number of benzene rings is 2. The van der Waals surface area contributed by atoms with Crippen LogP contribution < -0.4 is 5.73 Å². The van der Waals surface area contributed by atoms with Gasteiger partial charge in [0.25, 0.3) is 5.91 Å². The maximum absolute atomic E-state index is 12.8. The summed E-state index contributed by atoms with van der Waals surface area (Å²) in [5, 5.41) is 20.5. The molecule has 0 unspecified atom stereocenters. The molecular formula is C21H24N2O3. The molecule has 1 spiro atoms. The van der Waals surface area contributed by atoms with E-state index >= 15 is 0 Å². The number of carbonyl (C=O) groups is 1. The summed E-state index contributed by atoms with van der Waals surface area (Å²) in [5.41, 5.74) is 9.32. The van der Waals surface area contributed by atoms with Gasteiger partial charge in [-0.1, -0.05) is 24.3 Å². The van der Waals surface area contributed by atoms with Crippen molar-refractivity contribution in [1.29, 1.82) is 0 Å². The molecule has 4 rings (SSSR count). The molecule has 4 N–H and O–H groups in total. The summed E-state index contributed by atoms with van der Waals surface area (Å²) in [4.78, 5) is 14.6. The number of hydrogen-bond donors (Lipinski definition) is 3. The topological polar surface area (TPSA) is 86.8 Å². The molecule has 2 aromatic rings. The highest BCUT2D eigenvalue weighted by Gasteiger charge is 2.51. The van der Waals surface area contributed by atoms with Crippen molar-refractivity contribution in [2.24, 2.45) is 5.73 Å². The molecule has 0 saturated carbocycles. The average molecular weight is 352 g/mol. The van der Waals surface area contributed by atoms with E-state index in [0.717, 1.165) is 11.1 Å². The molecule has 2 aliphatic rings. The predicted molar refractivity (Wildman–Crippen MR) is 99.0 cm³/mol. The highest BCUT2D eigenvalue weighted by Crippen LogP contribution is 2.50. The zero-order chi connectivity index (χ0) is 18.5. The maximum Gasteiger partial charge on any atom is 0.253 e. The SMILES string of the molecule is Cc1cc(C(=O)N2CCC3(CC2)c2ccccc2[C@@H](N)[C@@H]3O)ccc1O. The first kappa shape index (κ1) is 17.1. The van der Waals surface area contributed by atoms with E-state index in [-0.39, 0.29) is 23.1 Å². The van der Waals surface area contributed by atoms with Crippen molar-refractivity contribution in [3.63, 3.8) is 0 Å². The van der Waals surface area contributed by atoms with Gasteiger partial charge in [0.2, 0.25) is 0 Å². The number of hydrogen-bond acceptors (Lipinski definition) is 4. The first-order valence-electron chi connectivity index (χ1n) is 9.06. The molecule has 1 saturated heterocycles. The Morgan fingerprint density at radius 3 is 2.58 bits per heavy atom. The van der Waals surface area contributed by atoms with E-state index in [9.17, 15) is 15.0 Å². The second-order valence-electron chi connectivity index (χ2n) is 7.51. The van der Waals surface area contributed by atoms with Crippen LogP contribution in [-0.4, -0.2) is 40.2 Å². The molecule has 1 amide bonds. The fourth-order valence-electron chi connectivity index (χ4n) is 4.56. The Kier molecular flexibility index (Phi) is 4.01. The van der Waals surface area contributed by atoms with Gasteiger partial charge in [0.1, 0.15) is 5.75 Å². The Morgan fingerprint density at radius 1 is 1.19 bits per heavy atom. The van der Waals surface area contributed by atoms with E-state index in [2.05, 4.69) is 6.07 Å². The van der Waals surface area contributed by atoms with Crippen LogP contribution in [0.15, 0.2) is 42.5 Å². The predicted octanol–water partition coefficient (Wildman–Crippen LogP) is 2.25. The second kappa shape index (κ2) is 6.11. The van der Waals surface area contributed by atoms with Crippen LogP contribution in [0.4, 0.5) is 0 Å². The molecular weight excluding hydrogens is 328 g/mol. The fourth-order valence-corrected chi connectivity index (χ4v) is 4.56. The maximum atomic E-state index is 12.8. The minimum absolute atomic E-state index is 0.0342. The lowest BCUT2D eigenvalue weighted by molar-refractivity contribution is 0.0262. The number of aromatic hydroxyl groups is 1. The van der Waals surface area contributed by atoms with E-state index < -0.39 is 6.10 Å². The third kappa shape index (κ3) is 2.42. The second-order valence-corrected chi connectivity index (χ2v) is 7.51. The lowest BCUT2D eigenvalue weighted by Crippen LogP contribution is -2.50. The van der Waals surface area contributed by atoms with Gasteiger partial charge in [0.05, 0.1) is 12.1 Å². The highest BCUT2D eigenvalue weighted by atomic mass is 16.3. The quantitative estimate of drug-likeness (QED) is 0.735. The van der Waals surface area contributed by atoms with Crippen LogP contribution in [0, 0.1) is 6.92 Å². The smallest absolute Gasteiger partial charge is 0.253 e. The summed E-state index contributed by atoms with van der Waals surface area (Å²) in [6.45, 7) is 2.94. The highest BCUT2D eigenvalue weighted by molar-refractivity contribution is 5.94. The van der Waals surface area contributed by atoms with Gasteiger partial charge < -0.3 is 20.8 Å². The first-order chi connectivity index (χ1) is 12.4. The Bertz CT molecular complexity index is 856. The molecule has 1 aliphatic heterocycles. The van der Waals surface area contributed by atoms with Gasteiger partial charge in [-0.15, -0.1) is 0 Å². The number of aliphatic hydroxyl groups is 1. The lowest BCUT2D eigenvalue weighted by atomic mass is 9.72. The number of amides is 1. The number of likely N-dealkylation sites (tertiary alicyclic amines) is 1. The first-order valence-corrected chi connectivity index (χ1v) is 9.06. The van der Waals surface area contributed by atoms with Gasteiger partial charge in [-0.2, -0.15) is 0 Å². The molecule has 2 atom stereocenters. The molecule has 136 valence electrons. The average Bonchev–Trinajstić information content (AvgIpc) is 2.87. The van der Waals surface area contributed by atoms with Crippen molar-refractivity contribution < 1.29 is 15.0 Å². The Morgan fingerprint density at radius 2 is 1.88 bits per heavy atom. The van der Waals surface area contributed by atoms with Crippen LogP contribution in [-0.2, 0) is 5.41 Å². The fraction of sp³-hybridized carbons (Fsp3) is 0.381. The van der Waals surface area contributed by atoms with Crippen molar-refractivity contribution in [2.75, 3.05) is 13.1 Å². The number of nitrogens with zero attached hydrogens (tertiary/aromatic N) is 1. The molecule has 26 heavy (non-hydrogen) atoms. The summed E-state index contributed by atoms with van der Waals surface area (Å²) in [6.07, 6.45) is 0.775. The molecule has 1 heterocycles. The Labute approximate surface area is 153 Å². The molecule has 5 heteroatoms. The third-order valence-electron chi connectivity index (χ3n) is 6.15. The summed E-state index contributed by atoms with van der Waals surface area (Å²) < 4.78 is 0. The monoisotopic (exact) mass is 352 g/mol.